The maximum atomic E-state index is 11.0. The maximum Gasteiger partial charge on any atom is 0.304 e. The van der Waals surface area contributed by atoms with Crippen LogP contribution in [0, 0.1) is 0 Å². The molecular weight excluding hydrogens is 375 g/mol. The van der Waals surface area contributed by atoms with Crippen molar-refractivity contribution < 1.29 is 23.7 Å². The number of hydrogen-bond donors (Lipinski definition) is 1. The van der Waals surface area contributed by atoms with Crippen LogP contribution in [0.1, 0.15) is 83.3 Å². The summed E-state index contributed by atoms with van der Waals surface area (Å²) in [5, 5.41) is 10.8. The summed E-state index contributed by atoms with van der Waals surface area (Å²) in [7, 11) is -0.320. The fourth-order valence-corrected chi connectivity index (χ4v) is 4.07. The lowest BCUT2D eigenvalue weighted by molar-refractivity contribution is -0.157. The molecular formula is C22H33O5P. The number of unbranched alkanes of at least 4 members (excludes halogenated alkanes) is 2. The predicted octanol–water partition coefficient (Wildman–Crippen LogP) is 6.15. The fraction of sp³-hybridized carbons (Fsp3) is 0.591. The molecule has 2 rings (SSSR count). The Bertz CT molecular complexity index is 686. The van der Waals surface area contributed by atoms with E-state index in [1.54, 1.807) is 6.92 Å². The first-order valence-electron chi connectivity index (χ1n) is 10.2. The third kappa shape index (κ3) is 7.10. The summed E-state index contributed by atoms with van der Waals surface area (Å²) in [6.07, 6.45) is 9.07. The van der Waals surface area contributed by atoms with Crippen molar-refractivity contribution in [2.45, 2.75) is 84.8 Å². The predicted molar refractivity (Wildman–Crippen MR) is 113 cm³/mol. The van der Waals surface area contributed by atoms with Crippen LogP contribution >= 0.6 is 9.03 Å². The first-order valence-corrected chi connectivity index (χ1v) is 11.0. The fourth-order valence-electron chi connectivity index (χ4n) is 3.58. The van der Waals surface area contributed by atoms with Crippen LogP contribution in [0.2, 0.25) is 0 Å². The summed E-state index contributed by atoms with van der Waals surface area (Å²) in [5.74, 6) is 0.703. The smallest absolute Gasteiger partial charge is 0.304 e. The van der Waals surface area contributed by atoms with E-state index in [9.17, 15) is 9.90 Å². The van der Waals surface area contributed by atoms with E-state index in [0.717, 1.165) is 56.1 Å². The van der Waals surface area contributed by atoms with Gasteiger partial charge in [0.1, 0.15) is 11.5 Å². The molecule has 1 aromatic carbocycles. The molecule has 0 radical (unpaired) electrons. The molecule has 0 amide bonds. The van der Waals surface area contributed by atoms with E-state index in [2.05, 4.69) is 19.9 Å². The number of carbonyl (C=O) groups excluding carboxylic acids is 1. The number of phenols is 1. The molecule has 0 bridgehead atoms. The Hall–Kier alpha value is -1.58. The number of aromatic hydroxyl groups is 1. The molecule has 1 aliphatic carbocycles. The molecule has 1 aromatic rings. The molecule has 1 aliphatic rings. The third-order valence-electron chi connectivity index (χ3n) is 4.89. The van der Waals surface area contributed by atoms with Gasteiger partial charge in [0.2, 0.25) is 15.3 Å². The molecule has 1 N–H and O–H groups in total. The zero-order valence-electron chi connectivity index (χ0n) is 17.4. The third-order valence-corrected chi connectivity index (χ3v) is 5.62. The van der Waals surface area contributed by atoms with Crippen molar-refractivity contribution in [3.8, 4) is 11.5 Å². The van der Waals surface area contributed by atoms with E-state index in [1.165, 1.54) is 12.5 Å². The van der Waals surface area contributed by atoms with E-state index in [-0.39, 0.29) is 20.7 Å². The molecule has 0 aromatic heterocycles. The van der Waals surface area contributed by atoms with Crippen LogP contribution < -0.4 is 4.52 Å². The highest BCUT2D eigenvalue weighted by Crippen LogP contribution is 2.43. The van der Waals surface area contributed by atoms with E-state index in [0.29, 0.717) is 5.75 Å². The van der Waals surface area contributed by atoms with Crippen LogP contribution in [0.15, 0.2) is 23.8 Å². The van der Waals surface area contributed by atoms with Crippen LogP contribution in [0.3, 0.4) is 0 Å². The number of ether oxygens (including phenoxy) is 1. The molecule has 3 unspecified atom stereocenters. The van der Waals surface area contributed by atoms with Crippen LogP contribution in [0.4, 0.5) is 0 Å². The molecule has 0 saturated heterocycles. The van der Waals surface area contributed by atoms with Gasteiger partial charge in [-0.1, -0.05) is 31.4 Å². The minimum atomic E-state index is -0.669. The molecule has 28 heavy (non-hydrogen) atoms. The summed E-state index contributed by atoms with van der Waals surface area (Å²) in [5.41, 5.74) is 3.24. The molecule has 0 heterocycles. The number of esters is 1. The second-order valence-corrected chi connectivity index (χ2v) is 8.08. The van der Waals surface area contributed by atoms with Crippen molar-refractivity contribution in [1.82, 2.24) is 0 Å². The van der Waals surface area contributed by atoms with Gasteiger partial charge in [-0.25, -0.2) is 0 Å². The summed E-state index contributed by atoms with van der Waals surface area (Å²) in [4.78, 5) is 11.0. The Morgan fingerprint density at radius 1 is 1.36 bits per heavy atom. The average molecular weight is 408 g/mol. The van der Waals surface area contributed by atoms with Crippen LogP contribution in [0.25, 0.3) is 0 Å². The summed E-state index contributed by atoms with van der Waals surface area (Å²) >= 11 is 0. The highest BCUT2D eigenvalue weighted by Gasteiger charge is 2.23. The maximum absolute atomic E-state index is 11.0. The minimum Gasteiger partial charge on any atom is -0.507 e. The van der Waals surface area contributed by atoms with Gasteiger partial charge in [-0.2, -0.15) is 0 Å². The molecule has 0 saturated carbocycles. The second kappa shape index (κ2) is 11.4. The van der Waals surface area contributed by atoms with Crippen molar-refractivity contribution in [3.05, 3.63) is 34.9 Å². The van der Waals surface area contributed by atoms with Crippen molar-refractivity contribution in [2.24, 2.45) is 0 Å². The topological polar surface area (TPSA) is 65.0 Å². The van der Waals surface area contributed by atoms with Crippen molar-refractivity contribution in [2.75, 3.05) is 0 Å². The zero-order chi connectivity index (χ0) is 20.5. The van der Waals surface area contributed by atoms with E-state index >= 15 is 0 Å². The Labute approximate surface area is 170 Å². The summed E-state index contributed by atoms with van der Waals surface area (Å²) < 4.78 is 16.4. The number of rotatable bonds is 10. The largest absolute Gasteiger partial charge is 0.507 e. The lowest BCUT2D eigenvalue weighted by atomic mass is 9.84. The van der Waals surface area contributed by atoms with Crippen molar-refractivity contribution in [1.29, 1.82) is 0 Å². The number of benzene rings is 1. The molecule has 6 heteroatoms. The normalized spacial score (nSPS) is 18.1. The van der Waals surface area contributed by atoms with Gasteiger partial charge in [-0.3, -0.25) is 9.32 Å². The monoisotopic (exact) mass is 408 g/mol. The SMILES string of the molecule is CCCCCc1cc(O)c(C2C=C(C)CCC2)c(OPOC(C)OC(C)=O)c1. The summed E-state index contributed by atoms with van der Waals surface area (Å²) in [6, 6.07) is 3.90. The first kappa shape index (κ1) is 22.7. The lowest BCUT2D eigenvalue weighted by Crippen LogP contribution is -2.12. The molecule has 0 fully saturated rings. The van der Waals surface area contributed by atoms with Gasteiger partial charge in [0, 0.05) is 18.4 Å². The first-order chi connectivity index (χ1) is 13.4. The van der Waals surface area contributed by atoms with Gasteiger partial charge in [0.15, 0.2) is 0 Å². The van der Waals surface area contributed by atoms with Crippen LogP contribution in [0.5, 0.6) is 11.5 Å². The molecule has 0 aliphatic heterocycles. The highest BCUT2D eigenvalue weighted by molar-refractivity contribution is 7.26. The van der Waals surface area contributed by atoms with E-state index in [4.69, 9.17) is 13.8 Å². The standard InChI is InChI=1S/C22H33O5P/c1-5-6-7-10-18-13-20(24)22(19-11-8-9-15(2)12-19)21(14-18)27-28-26-17(4)25-16(3)23/h12-14,17,19,24,28H,5-11H2,1-4H3. The minimum absolute atomic E-state index is 0.143. The Balaban J connectivity index is 2.19. The molecule has 3 atom stereocenters. The van der Waals surface area contributed by atoms with Gasteiger partial charge in [-0.15, -0.1) is 0 Å². The van der Waals surface area contributed by atoms with Gasteiger partial charge in [0.05, 0.1) is 0 Å². The number of allylic oxidation sites excluding steroid dienone is 2. The summed E-state index contributed by atoms with van der Waals surface area (Å²) in [6.45, 7) is 7.31. The van der Waals surface area contributed by atoms with Crippen LogP contribution in [-0.2, 0) is 20.5 Å². The van der Waals surface area contributed by atoms with Gasteiger partial charge >= 0.3 is 5.97 Å². The number of carbonyl (C=O) groups is 1. The van der Waals surface area contributed by atoms with Gasteiger partial charge < -0.3 is 14.4 Å². The van der Waals surface area contributed by atoms with Gasteiger partial charge in [-0.05, 0) is 63.6 Å². The lowest BCUT2D eigenvalue weighted by Gasteiger charge is -2.24. The highest BCUT2D eigenvalue weighted by atomic mass is 31.1. The van der Waals surface area contributed by atoms with Crippen molar-refractivity contribution in [3.63, 3.8) is 0 Å². The van der Waals surface area contributed by atoms with E-state index < -0.39 is 12.3 Å². The number of phenolic OH excluding ortho intramolecular Hbond substituents is 1. The zero-order valence-corrected chi connectivity index (χ0v) is 18.4. The quantitative estimate of drug-likeness (QED) is 0.165. The van der Waals surface area contributed by atoms with E-state index in [1.807, 2.05) is 12.1 Å². The second-order valence-electron chi connectivity index (χ2n) is 7.48. The Morgan fingerprint density at radius 2 is 2.14 bits per heavy atom. The molecule has 0 spiro atoms. The van der Waals surface area contributed by atoms with Crippen LogP contribution in [-0.4, -0.2) is 17.4 Å². The molecule has 156 valence electrons. The Morgan fingerprint density at radius 3 is 2.82 bits per heavy atom. The number of aryl methyl sites for hydroxylation is 1. The average Bonchev–Trinajstić information content (AvgIpc) is 2.61. The molecule has 5 nitrogen and oxygen atoms in total. The Kier molecular flexibility index (Phi) is 9.27. The van der Waals surface area contributed by atoms with Gasteiger partial charge in [0.25, 0.3) is 0 Å². The number of hydrogen-bond acceptors (Lipinski definition) is 5. The van der Waals surface area contributed by atoms with Crippen molar-refractivity contribution >= 4 is 15.0 Å².